The molecule has 0 fully saturated rings. The molecule has 162 valence electrons. The number of non-ortho nitro benzene ring substituents is 1. The molecular weight excluding hydrogens is 408 g/mol. The van der Waals surface area contributed by atoms with Crippen molar-refractivity contribution in [1.82, 2.24) is 5.32 Å². The number of benzene rings is 3. The number of alkyl carbamates (subject to hydrolysis) is 1. The first kappa shape index (κ1) is 21.1. The molecule has 1 amide bonds. The molecule has 0 bridgehead atoms. The molecule has 3 aromatic carbocycles. The Labute approximate surface area is 185 Å². The molecule has 32 heavy (non-hydrogen) atoms. The first-order valence-electron chi connectivity index (χ1n) is 10.2. The van der Waals surface area contributed by atoms with Crippen LogP contribution in [0.1, 0.15) is 22.6 Å². The van der Waals surface area contributed by atoms with Crippen LogP contribution >= 0.6 is 0 Å². The number of hydrogen-bond donors (Lipinski definition) is 1. The monoisotopic (exact) mass is 430 g/mol. The highest BCUT2D eigenvalue weighted by atomic mass is 16.6. The Morgan fingerprint density at radius 3 is 2.34 bits per heavy atom. The lowest BCUT2D eigenvalue weighted by atomic mass is 9.98. The van der Waals surface area contributed by atoms with E-state index in [9.17, 15) is 14.9 Å². The number of ether oxygens (including phenoxy) is 2. The number of fused-ring (bicyclic) bond motifs is 3. The summed E-state index contributed by atoms with van der Waals surface area (Å²) in [5, 5.41) is 13.6. The van der Waals surface area contributed by atoms with Crippen LogP contribution in [0.5, 0.6) is 5.75 Å². The quantitative estimate of drug-likeness (QED) is 0.413. The molecule has 0 aliphatic heterocycles. The number of nitrogens with zero attached hydrogens (tertiary/aromatic N) is 1. The maximum Gasteiger partial charge on any atom is 0.407 e. The Balaban J connectivity index is 1.33. The van der Waals surface area contributed by atoms with Gasteiger partial charge in [0.25, 0.3) is 5.69 Å². The summed E-state index contributed by atoms with van der Waals surface area (Å²) in [5.41, 5.74) is 5.30. The summed E-state index contributed by atoms with van der Waals surface area (Å²) in [6, 6.07) is 20.7. The van der Waals surface area contributed by atoms with Crippen molar-refractivity contribution >= 4 is 17.9 Å². The minimum absolute atomic E-state index is 0.00747. The van der Waals surface area contributed by atoms with E-state index in [-0.39, 0.29) is 24.8 Å². The fourth-order valence-electron chi connectivity index (χ4n) is 3.93. The number of rotatable bonds is 7. The number of carbonyl (C=O) groups is 1. The van der Waals surface area contributed by atoms with Gasteiger partial charge in [-0.1, -0.05) is 60.7 Å². The molecule has 4 rings (SSSR count). The molecule has 3 aromatic rings. The maximum absolute atomic E-state index is 12.2. The topological polar surface area (TPSA) is 90.7 Å². The van der Waals surface area contributed by atoms with Gasteiger partial charge in [-0.3, -0.25) is 10.1 Å². The standard InChI is InChI=1S/C25H22N2O5/c1-31-24-15-18(27(29)30)13-12-17(24)7-6-14-26-25(28)32-16-23-21-10-4-2-8-19(21)20-9-3-5-11-22(20)23/h2-13,15,23H,14,16H2,1H3,(H,26,28). The molecule has 0 radical (unpaired) electrons. The van der Waals surface area contributed by atoms with Gasteiger partial charge in [0, 0.05) is 24.1 Å². The van der Waals surface area contributed by atoms with Crippen molar-refractivity contribution in [3.8, 4) is 16.9 Å². The van der Waals surface area contributed by atoms with Gasteiger partial charge in [-0.05, 0) is 28.3 Å². The van der Waals surface area contributed by atoms with Gasteiger partial charge in [-0.25, -0.2) is 4.79 Å². The van der Waals surface area contributed by atoms with Gasteiger partial charge in [0.2, 0.25) is 0 Å². The molecule has 1 N–H and O–H groups in total. The highest BCUT2D eigenvalue weighted by molar-refractivity contribution is 5.79. The van der Waals surface area contributed by atoms with Crippen molar-refractivity contribution in [2.24, 2.45) is 0 Å². The lowest BCUT2D eigenvalue weighted by Crippen LogP contribution is -2.26. The first-order valence-corrected chi connectivity index (χ1v) is 10.2. The van der Waals surface area contributed by atoms with Crippen LogP contribution in [0.4, 0.5) is 10.5 Å². The van der Waals surface area contributed by atoms with Crippen LogP contribution < -0.4 is 10.1 Å². The number of carbonyl (C=O) groups excluding carboxylic acids is 1. The van der Waals surface area contributed by atoms with Crippen LogP contribution in [0.15, 0.2) is 72.8 Å². The Kier molecular flexibility index (Phi) is 6.17. The zero-order valence-electron chi connectivity index (χ0n) is 17.5. The van der Waals surface area contributed by atoms with Crippen molar-refractivity contribution in [2.75, 3.05) is 20.3 Å². The zero-order chi connectivity index (χ0) is 22.5. The Morgan fingerprint density at radius 2 is 1.72 bits per heavy atom. The van der Waals surface area contributed by atoms with Crippen molar-refractivity contribution < 1.29 is 19.2 Å². The van der Waals surface area contributed by atoms with Crippen LogP contribution in [0.3, 0.4) is 0 Å². The molecule has 0 aromatic heterocycles. The van der Waals surface area contributed by atoms with Crippen LogP contribution in [-0.2, 0) is 4.74 Å². The summed E-state index contributed by atoms with van der Waals surface area (Å²) in [7, 11) is 1.45. The highest BCUT2D eigenvalue weighted by Gasteiger charge is 2.28. The second-order valence-electron chi connectivity index (χ2n) is 7.29. The molecule has 0 saturated heterocycles. The fraction of sp³-hybridized carbons (Fsp3) is 0.160. The van der Waals surface area contributed by atoms with E-state index < -0.39 is 11.0 Å². The summed E-state index contributed by atoms with van der Waals surface area (Å²) >= 11 is 0. The van der Waals surface area contributed by atoms with Crippen LogP contribution in [0.2, 0.25) is 0 Å². The molecule has 0 spiro atoms. The molecular formula is C25H22N2O5. The second kappa shape index (κ2) is 9.34. The van der Waals surface area contributed by atoms with Crippen molar-refractivity contribution in [2.45, 2.75) is 5.92 Å². The number of nitro benzene ring substituents is 1. The highest BCUT2D eigenvalue weighted by Crippen LogP contribution is 2.44. The Bertz CT molecular complexity index is 1140. The maximum atomic E-state index is 12.2. The van der Waals surface area contributed by atoms with Gasteiger partial charge in [-0.2, -0.15) is 0 Å². The number of amides is 1. The summed E-state index contributed by atoms with van der Waals surface area (Å²) in [6.45, 7) is 0.497. The minimum atomic E-state index is -0.507. The molecule has 7 nitrogen and oxygen atoms in total. The molecule has 0 atom stereocenters. The van der Waals surface area contributed by atoms with Gasteiger partial charge in [-0.15, -0.1) is 0 Å². The summed E-state index contributed by atoms with van der Waals surface area (Å²) in [5.74, 6) is 0.393. The SMILES string of the molecule is COc1cc([N+](=O)[O-])ccc1C=CCNC(=O)OCC1c2ccccc2-c2ccccc21. The average molecular weight is 430 g/mol. The van der Waals surface area contributed by atoms with Crippen LogP contribution in [0.25, 0.3) is 17.2 Å². The Hall–Kier alpha value is -4.13. The number of hydrogen-bond acceptors (Lipinski definition) is 5. The third kappa shape index (κ3) is 4.32. The van der Waals surface area contributed by atoms with Gasteiger partial charge in [0.05, 0.1) is 18.1 Å². The van der Waals surface area contributed by atoms with Crippen molar-refractivity contribution in [1.29, 1.82) is 0 Å². The average Bonchev–Trinajstić information content (AvgIpc) is 3.14. The zero-order valence-corrected chi connectivity index (χ0v) is 17.5. The molecule has 0 unspecified atom stereocenters. The largest absolute Gasteiger partial charge is 0.496 e. The third-order valence-corrected chi connectivity index (χ3v) is 5.43. The van der Waals surface area contributed by atoms with E-state index in [1.165, 1.54) is 30.4 Å². The van der Waals surface area contributed by atoms with E-state index in [2.05, 4.69) is 29.6 Å². The van der Waals surface area contributed by atoms with Gasteiger partial charge < -0.3 is 14.8 Å². The smallest absolute Gasteiger partial charge is 0.407 e. The van der Waals surface area contributed by atoms with Gasteiger partial charge >= 0.3 is 6.09 Å². The van der Waals surface area contributed by atoms with E-state index in [0.717, 1.165) is 11.1 Å². The van der Waals surface area contributed by atoms with Crippen LogP contribution in [-0.4, -0.2) is 31.3 Å². The Morgan fingerprint density at radius 1 is 1.06 bits per heavy atom. The van der Waals surface area contributed by atoms with E-state index in [0.29, 0.717) is 11.3 Å². The van der Waals surface area contributed by atoms with Gasteiger partial charge in [0.1, 0.15) is 12.4 Å². The van der Waals surface area contributed by atoms with E-state index in [4.69, 9.17) is 9.47 Å². The predicted molar refractivity (Wildman–Crippen MR) is 122 cm³/mol. The second-order valence-corrected chi connectivity index (χ2v) is 7.29. The first-order chi connectivity index (χ1) is 15.6. The lowest BCUT2D eigenvalue weighted by Gasteiger charge is -2.14. The van der Waals surface area contributed by atoms with Gasteiger partial charge in [0.15, 0.2) is 0 Å². The van der Waals surface area contributed by atoms with E-state index in [1.54, 1.807) is 18.2 Å². The van der Waals surface area contributed by atoms with E-state index >= 15 is 0 Å². The summed E-state index contributed by atoms with van der Waals surface area (Å²) in [4.78, 5) is 22.6. The summed E-state index contributed by atoms with van der Waals surface area (Å²) in [6.07, 6.45) is 2.95. The molecule has 0 saturated carbocycles. The molecule has 0 heterocycles. The normalized spacial score (nSPS) is 12.3. The van der Waals surface area contributed by atoms with Crippen molar-refractivity contribution in [3.63, 3.8) is 0 Å². The number of nitro groups is 1. The molecule has 1 aliphatic rings. The number of methoxy groups -OCH3 is 1. The molecule has 7 heteroatoms. The van der Waals surface area contributed by atoms with Crippen LogP contribution in [0, 0.1) is 10.1 Å². The predicted octanol–water partition coefficient (Wildman–Crippen LogP) is 5.16. The van der Waals surface area contributed by atoms with E-state index in [1.807, 2.05) is 24.3 Å². The lowest BCUT2D eigenvalue weighted by molar-refractivity contribution is -0.384. The molecule has 1 aliphatic carbocycles. The minimum Gasteiger partial charge on any atom is -0.496 e. The fourth-order valence-corrected chi connectivity index (χ4v) is 3.93. The third-order valence-electron chi connectivity index (χ3n) is 5.43. The number of nitrogens with one attached hydrogen (secondary N) is 1. The summed E-state index contributed by atoms with van der Waals surface area (Å²) < 4.78 is 10.7. The van der Waals surface area contributed by atoms with Crippen molar-refractivity contribution in [3.05, 3.63) is 99.6 Å².